The molecule has 18 heavy (non-hydrogen) atoms. The lowest BCUT2D eigenvalue weighted by atomic mass is 10.2. The van der Waals surface area contributed by atoms with Crippen LogP contribution in [0.15, 0.2) is 23.3 Å². The van der Waals surface area contributed by atoms with Gasteiger partial charge in [-0.15, -0.1) is 11.3 Å². The van der Waals surface area contributed by atoms with Crippen molar-refractivity contribution in [3.05, 3.63) is 23.3 Å². The molecule has 0 saturated carbocycles. The molecular formula is C11H14N4O2S. The predicted molar refractivity (Wildman–Crippen MR) is 69.1 cm³/mol. The molecule has 0 spiro atoms. The predicted octanol–water partition coefficient (Wildman–Crippen LogP) is 2.68. The summed E-state index contributed by atoms with van der Waals surface area (Å²) in [6, 6.07) is 0. The Morgan fingerprint density at radius 3 is 2.89 bits per heavy atom. The first-order valence-electron chi connectivity index (χ1n) is 5.37. The Labute approximate surface area is 109 Å². The molecule has 2 heterocycles. The van der Waals surface area contributed by atoms with Gasteiger partial charge in [0.2, 0.25) is 0 Å². The number of amides is 1. The zero-order chi connectivity index (χ0) is 13.2. The molecule has 0 atom stereocenters. The summed E-state index contributed by atoms with van der Waals surface area (Å²) in [5.74, 6) is 0.720. The first-order chi connectivity index (χ1) is 8.44. The van der Waals surface area contributed by atoms with Crippen molar-refractivity contribution in [1.82, 2.24) is 14.8 Å². The minimum absolute atomic E-state index is 0.500. The first-order valence-corrected chi connectivity index (χ1v) is 6.31. The van der Waals surface area contributed by atoms with Gasteiger partial charge in [0.05, 0.1) is 23.6 Å². The van der Waals surface area contributed by atoms with Crippen molar-refractivity contribution >= 4 is 23.1 Å². The van der Waals surface area contributed by atoms with Crippen LogP contribution in [0, 0.1) is 0 Å². The summed E-state index contributed by atoms with van der Waals surface area (Å²) in [4.78, 5) is 15.7. The van der Waals surface area contributed by atoms with Crippen LogP contribution in [-0.2, 0) is 4.74 Å². The zero-order valence-corrected chi connectivity index (χ0v) is 11.2. The van der Waals surface area contributed by atoms with Crippen LogP contribution >= 0.6 is 11.3 Å². The van der Waals surface area contributed by atoms with E-state index >= 15 is 0 Å². The van der Waals surface area contributed by atoms with Gasteiger partial charge >= 0.3 is 6.09 Å². The maximum Gasteiger partial charge on any atom is 0.412 e. The third-order valence-electron chi connectivity index (χ3n) is 1.88. The van der Waals surface area contributed by atoms with E-state index in [-0.39, 0.29) is 0 Å². The Balaban J connectivity index is 2.01. The fourth-order valence-electron chi connectivity index (χ4n) is 1.25. The molecule has 0 aliphatic heterocycles. The number of rotatable bonds is 2. The van der Waals surface area contributed by atoms with Crippen molar-refractivity contribution in [3.8, 4) is 5.82 Å². The molecular weight excluding hydrogens is 252 g/mol. The third kappa shape index (κ3) is 3.30. The lowest BCUT2D eigenvalue weighted by Crippen LogP contribution is -2.27. The lowest BCUT2D eigenvalue weighted by molar-refractivity contribution is 0.0636. The molecule has 6 nitrogen and oxygen atoms in total. The van der Waals surface area contributed by atoms with Gasteiger partial charge in [0.15, 0.2) is 5.82 Å². The summed E-state index contributed by atoms with van der Waals surface area (Å²) in [5, 5.41) is 8.58. The van der Waals surface area contributed by atoms with Crippen molar-refractivity contribution in [2.75, 3.05) is 5.32 Å². The van der Waals surface area contributed by atoms with Crippen LogP contribution < -0.4 is 5.32 Å². The Bertz CT molecular complexity index is 527. The highest BCUT2D eigenvalue weighted by atomic mass is 32.1. The van der Waals surface area contributed by atoms with E-state index in [0.29, 0.717) is 5.69 Å². The molecule has 7 heteroatoms. The first kappa shape index (κ1) is 12.6. The van der Waals surface area contributed by atoms with Crippen LogP contribution in [0.1, 0.15) is 20.8 Å². The van der Waals surface area contributed by atoms with E-state index in [0.717, 1.165) is 5.82 Å². The van der Waals surface area contributed by atoms with E-state index in [9.17, 15) is 4.79 Å². The van der Waals surface area contributed by atoms with Gasteiger partial charge in [-0.25, -0.2) is 14.5 Å². The smallest absolute Gasteiger partial charge is 0.412 e. The number of hydrogen-bond acceptors (Lipinski definition) is 5. The van der Waals surface area contributed by atoms with E-state index in [1.165, 1.54) is 11.3 Å². The van der Waals surface area contributed by atoms with Gasteiger partial charge in [-0.2, -0.15) is 5.10 Å². The van der Waals surface area contributed by atoms with Gasteiger partial charge < -0.3 is 4.74 Å². The summed E-state index contributed by atoms with van der Waals surface area (Å²) in [6.45, 7) is 5.43. The second kappa shape index (κ2) is 4.77. The van der Waals surface area contributed by atoms with Gasteiger partial charge in [0, 0.05) is 5.38 Å². The van der Waals surface area contributed by atoms with E-state index in [4.69, 9.17) is 4.74 Å². The van der Waals surface area contributed by atoms with Crippen LogP contribution in [0.4, 0.5) is 10.5 Å². The van der Waals surface area contributed by atoms with E-state index in [1.807, 2.05) is 26.2 Å². The van der Waals surface area contributed by atoms with Crippen LogP contribution in [0.2, 0.25) is 0 Å². The molecule has 0 aromatic carbocycles. The highest BCUT2D eigenvalue weighted by Gasteiger charge is 2.16. The molecule has 0 saturated heterocycles. The summed E-state index contributed by atoms with van der Waals surface area (Å²) >= 11 is 1.48. The van der Waals surface area contributed by atoms with Crippen LogP contribution in [0.3, 0.4) is 0 Å². The maximum atomic E-state index is 11.5. The lowest BCUT2D eigenvalue weighted by Gasteiger charge is -2.19. The summed E-state index contributed by atoms with van der Waals surface area (Å²) < 4.78 is 6.73. The summed E-state index contributed by atoms with van der Waals surface area (Å²) in [7, 11) is 0. The number of thiazole rings is 1. The number of ether oxygens (including phenoxy) is 1. The quantitative estimate of drug-likeness (QED) is 0.907. The van der Waals surface area contributed by atoms with Gasteiger partial charge in [-0.1, -0.05) is 0 Å². The van der Waals surface area contributed by atoms with Crippen molar-refractivity contribution in [2.45, 2.75) is 26.4 Å². The normalized spacial score (nSPS) is 11.3. The molecule has 0 aliphatic rings. The molecule has 0 aliphatic carbocycles. The molecule has 0 fully saturated rings. The average Bonchev–Trinajstić information content (AvgIpc) is 2.82. The van der Waals surface area contributed by atoms with Gasteiger partial charge in [0.25, 0.3) is 0 Å². The minimum Gasteiger partial charge on any atom is -0.444 e. The molecule has 96 valence electrons. The molecule has 2 aromatic rings. The van der Waals surface area contributed by atoms with E-state index < -0.39 is 11.7 Å². The van der Waals surface area contributed by atoms with Gasteiger partial charge in [-0.05, 0) is 20.8 Å². The Morgan fingerprint density at radius 1 is 1.50 bits per heavy atom. The minimum atomic E-state index is -0.519. The second-order valence-electron chi connectivity index (χ2n) is 4.65. The number of carbonyl (C=O) groups is 1. The molecule has 0 radical (unpaired) electrons. The maximum absolute atomic E-state index is 11.5. The number of anilines is 1. The third-order valence-corrected chi connectivity index (χ3v) is 2.46. The Morgan fingerprint density at radius 2 is 2.28 bits per heavy atom. The number of aromatic nitrogens is 3. The van der Waals surface area contributed by atoms with Gasteiger partial charge in [0.1, 0.15) is 5.60 Å². The number of nitrogens with one attached hydrogen (secondary N) is 1. The summed E-state index contributed by atoms with van der Waals surface area (Å²) in [5.41, 5.74) is 1.77. The molecule has 1 amide bonds. The number of carbonyl (C=O) groups excluding carboxylic acids is 1. The monoisotopic (exact) mass is 266 g/mol. The fraction of sp³-hybridized carbons (Fsp3) is 0.364. The molecule has 1 N–H and O–H groups in total. The molecule has 2 rings (SSSR count). The molecule has 0 unspecified atom stereocenters. The molecule has 0 bridgehead atoms. The van der Waals surface area contributed by atoms with Gasteiger partial charge in [-0.3, -0.25) is 5.32 Å². The van der Waals surface area contributed by atoms with E-state index in [1.54, 1.807) is 22.6 Å². The van der Waals surface area contributed by atoms with Crippen molar-refractivity contribution in [1.29, 1.82) is 0 Å². The van der Waals surface area contributed by atoms with Crippen molar-refractivity contribution in [2.24, 2.45) is 0 Å². The molecule has 2 aromatic heterocycles. The Hall–Kier alpha value is -1.89. The van der Waals surface area contributed by atoms with Crippen molar-refractivity contribution < 1.29 is 9.53 Å². The van der Waals surface area contributed by atoms with Crippen LogP contribution in [0.5, 0.6) is 0 Å². The largest absolute Gasteiger partial charge is 0.444 e. The van der Waals surface area contributed by atoms with Crippen LogP contribution in [0.25, 0.3) is 5.82 Å². The Kier molecular flexibility index (Phi) is 3.33. The number of nitrogens with zero attached hydrogens (tertiary/aromatic N) is 3. The van der Waals surface area contributed by atoms with E-state index in [2.05, 4.69) is 15.4 Å². The topological polar surface area (TPSA) is 69.0 Å². The number of hydrogen-bond donors (Lipinski definition) is 1. The highest BCUT2D eigenvalue weighted by Crippen LogP contribution is 2.13. The standard InChI is InChI=1S/C11H14N4O2S/c1-11(2,3)17-10(16)14-8-4-13-15(5-8)9-6-18-7-12-9/h4-7H,1-3H3,(H,14,16). The SMILES string of the molecule is CC(C)(C)OC(=O)Nc1cnn(-c2cscn2)c1. The summed E-state index contributed by atoms with van der Waals surface area (Å²) in [6.07, 6.45) is 2.72. The fourth-order valence-corrected chi connectivity index (χ4v) is 1.77. The second-order valence-corrected chi connectivity index (χ2v) is 5.37. The average molecular weight is 266 g/mol. The van der Waals surface area contributed by atoms with Crippen LogP contribution in [-0.4, -0.2) is 26.5 Å². The highest BCUT2D eigenvalue weighted by molar-refractivity contribution is 7.07. The zero-order valence-electron chi connectivity index (χ0n) is 10.4. The van der Waals surface area contributed by atoms with Crippen molar-refractivity contribution in [3.63, 3.8) is 0 Å².